The van der Waals surface area contributed by atoms with Gasteiger partial charge in [-0.05, 0) is 48.9 Å². The van der Waals surface area contributed by atoms with Crippen LogP contribution >= 0.6 is 0 Å². The Morgan fingerprint density at radius 3 is 2.79 bits per heavy atom. The minimum atomic E-state index is 0.390. The molecule has 2 saturated carbocycles. The van der Waals surface area contributed by atoms with E-state index in [1.54, 1.807) is 0 Å². The molecular formula is C13H24O. The molecule has 0 aliphatic heterocycles. The largest absolute Gasteiger partial charge is 0.396 e. The van der Waals surface area contributed by atoms with Crippen LogP contribution < -0.4 is 0 Å². The molecule has 1 heteroatoms. The van der Waals surface area contributed by atoms with Gasteiger partial charge in [0, 0.05) is 6.61 Å². The molecule has 1 N–H and O–H groups in total. The van der Waals surface area contributed by atoms with E-state index >= 15 is 0 Å². The first-order valence-corrected chi connectivity index (χ1v) is 6.29. The van der Waals surface area contributed by atoms with Crippen LogP contribution in [0.3, 0.4) is 0 Å². The lowest BCUT2D eigenvalue weighted by molar-refractivity contribution is 0.0482. The second kappa shape index (κ2) is 3.84. The number of aliphatic hydroxyl groups is 1. The summed E-state index contributed by atoms with van der Waals surface area (Å²) in [4.78, 5) is 0. The highest BCUT2D eigenvalue weighted by atomic mass is 16.3. The third-order valence-electron chi connectivity index (χ3n) is 5.15. The molecule has 0 aromatic heterocycles. The van der Waals surface area contributed by atoms with Crippen molar-refractivity contribution in [1.29, 1.82) is 0 Å². The van der Waals surface area contributed by atoms with E-state index in [9.17, 15) is 0 Å². The maximum absolute atomic E-state index is 9.10. The Hall–Kier alpha value is -0.0400. The van der Waals surface area contributed by atoms with Crippen molar-refractivity contribution in [2.75, 3.05) is 6.61 Å². The summed E-state index contributed by atoms with van der Waals surface area (Å²) in [5.41, 5.74) is 0.570. The minimum Gasteiger partial charge on any atom is -0.396 e. The average molecular weight is 196 g/mol. The number of rotatable bonds is 2. The number of hydrogen-bond acceptors (Lipinski definition) is 1. The smallest absolute Gasteiger partial charge is 0.0433 e. The SMILES string of the molecule is CC1CCCC2(C)[C@@H](CCO)CC[C@@H]12. The molecule has 82 valence electrons. The van der Waals surface area contributed by atoms with Crippen LogP contribution in [0.5, 0.6) is 0 Å². The van der Waals surface area contributed by atoms with Crippen molar-refractivity contribution >= 4 is 0 Å². The predicted molar refractivity (Wildman–Crippen MR) is 59.0 cm³/mol. The molecule has 0 spiro atoms. The van der Waals surface area contributed by atoms with Crippen LogP contribution in [0, 0.1) is 23.2 Å². The Kier molecular flexibility index (Phi) is 2.88. The fourth-order valence-corrected chi connectivity index (χ4v) is 4.30. The van der Waals surface area contributed by atoms with Crippen molar-refractivity contribution in [3.05, 3.63) is 0 Å². The molecule has 1 nitrogen and oxygen atoms in total. The van der Waals surface area contributed by atoms with Gasteiger partial charge in [0.05, 0.1) is 0 Å². The van der Waals surface area contributed by atoms with Crippen LogP contribution in [0.2, 0.25) is 0 Å². The Balaban J connectivity index is 2.12. The van der Waals surface area contributed by atoms with Crippen LogP contribution in [0.25, 0.3) is 0 Å². The molecule has 0 aromatic rings. The van der Waals surface area contributed by atoms with Crippen LogP contribution in [-0.2, 0) is 0 Å². The van der Waals surface area contributed by atoms with E-state index in [1.807, 2.05) is 0 Å². The first kappa shape index (κ1) is 10.5. The number of hydrogen-bond donors (Lipinski definition) is 1. The summed E-state index contributed by atoms with van der Waals surface area (Å²) in [5.74, 6) is 2.69. The van der Waals surface area contributed by atoms with Crippen LogP contribution in [0.4, 0.5) is 0 Å². The number of fused-ring (bicyclic) bond motifs is 1. The van der Waals surface area contributed by atoms with E-state index in [4.69, 9.17) is 5.11 Å². The van der Waals surface area contributed by atoms with Gasteiger partial charge < -0.3 is 5.11 Å². The molecule has 0 saturated heterocycles. The first-order chi connectivity index (χ1) is 6.68. The Bertz CT molecular complexity index is 201. The van der Waals surface area contributed by atoms with E-state index in [0.29, 0.717) is 12.0 Å². The lowest BCUT2D eigenvalue weighted by Gasteiger charge is -2.44. The van der Waals surface area contributed by atoms with Gasteiger partial charge in [0.15, 0.2) is 0 Å². The van der Waals surface area contributed by atoms with Crippen LogP contribution in [-0.4, -0.2) is 11.7 Å². The van der Waals surface area contributed by atoms with E-state index < -0.39 is 0 Å². The Morgan fingerprint density at radius 2 is 2.07 bits per heavy atom. The molecular weight excluding hydrogens is 172 g/mol. The van der Waals surface area contributed by atoms with Gasteiger partial charge in [-0.1, -0.05) is 26.7 Å². The molecule has 0 radical (unpaired) electrons. The summed E-state index contributed by atoms with van der Waals surface area (Å²) in [5, 5.41) is 9.10. The van der Waals surface area contributed by atoms with Gasteiger partial charge >= 0.3 is 0 Å². The Labute approximate surface area is 87.9 Å². The van der Waals surface area contributed by atoms with Gasteiger partial charge in [-0.2, -0.15) is 0 Å². The standard InChI is InChI=1S/C13H24O/c1-10-4-3-8-13(2)11(7-9-14)5-6-12(10)13/h10-12,14H,3-9H2,1-2H3/t10?,11-,12+,13?/m1/s1. The molecule has 4 atom stereocenters. The lowest BCUT2D eigenvalue weighted by atomic mass is 9.61. The fourth-order valence-electron chi connectivity index (χ4n) is 4.30. The number of aliphatic hydroxyl groups excluding tert-OH is 1. The zero-order chi connectivity index (χ0) is 10.2. The van der Waals surface area contributed by atoms with E-state index in [-0.39, 0.29) is 0 Å². The quantitative estimate of drug-likeness (QED) is 0.719. The van der Waals surface area contributed by atoms with Gasteiger partial charge in [-0.3, -0.25) is 0 Å². The molecule has 14 heavy (non-hydrogen) atoms. The fraction of sp³-hybridized carbons (Fsp3) is 1.00. The molecule has 2 rings (SSSR count). The van der Waals surface area contributed by atoms with E-state index in [2.05, 4.69) is 13.8 Å². The molecule has 2 aliphatic rings. The van der Waals surface area contributed by atoms with Gasteiger partial charge in [0.25, 0.3) is 0 Å². The summed E-state index contributed by atoms with van der Waals surface area (Å²) in [6.07, 6.45) is 8.09. The Morgan fingerprint density at radius 1 is 1.29 bits per heavy atom. The highest BCUT2D eigenvalue weighted by Gasteiger charge is 2.49. The summed E-state index contributed by atoms with van der Waals surface area (Å²) >= 11 is 0. The van der Waals surface area contributed by atoms with E-state index in [0.717, 1.165) is 24.2 Å². The maximum atomic E-state index is 9.10. The van der Waals surface area contributed by atoms with Crippen molar-refractivity contribution in [3.8, 4) is 0 Å². The predicted octanol–water partition coefficient (Wildman–Crippen LogP) is 3.22. The van der Waals surface area contributed by atoms with Crippen LogP contribution in [0.1, 0.15) is 52.4 Å². The van der Waals surface area contributed by atoms with Gasteiger partial charge in [0.2, 0.25) is 0 Å². The topological polar surface area (TPSA) is 20.2 Å². The van der Waals surface area contributed by atoms with Crippen LogP contribution in [0.15, 0.2) is 0 Å². The third-order valence-corrected chi connectivity index (χ3v) is 5.15. The summed E-state index contributed by atoms with van der Waals surface area (Å²) in [7, 11) is 0. The molecule has 2 fully saturated rings. The summed E-state index contributed by atoms with van der Waals surface area (Å²) < 4.78 is 0. The molecule has 0 amide bonds. The second-order valence-corrected chi connectivity index (χ2v) is 5.77. The first-order valence-electron chi connectivity index (χ1n) is 6.29. The summed E-state index contributed by atoms with van der Waals surface area (Å²) in [6.45, 7) is 5.31. The average Bonchev–Trinajstić information content (AvgIpc) is 2.46. The van der Waals surface area contributed by atoms with Crippen molar-refractivity contribution in [2.45, 2.75) is 52.4 Å². The van der Waals surface area contributed by atoms with Gasteiger partial charge in [0.1, 0.15) is 0 Å². The van der Waals surface area contributed by atoms with E-state index in [1.165, 1.54) is 32.1 Å². The highest BCUT2D eigenvalue weighted by molar-refractivity contribution is 4.98. The van der Waals surface area contributed by atoms with Crippen molar-refractivity contribution in [2.24, 2.45) is 23.2 Å². The second-order valence-electron chi connectivity index (χ2n) is 5.77. The molecule has 0 bridgehead atoms. The van der Waals surface area contributed by atoms with Crippen molar-refractivity contribution in [1.82, 2.24) is 0 Å². The third kappa shape index (κ3) is 1.50. The molecule has 0 heterocycles. The zero-order valence-corrected chi connectivity index (χ0v) is 9.63. The monoisotopic (exact) mass is 196 g/mol. The highest BCUT2D eigenvalue weighted by Crippen LogP contribution is 2.58. The van der Waals surface area contributed by atoms with Crippen molar-refractivity contribution in [3.63, 3.8) is 0 Å². The molecule has 2 aliphatic carbocycles. The molecule has 0 aromatic carbocycles. The molecule has 2 unspecified atom stereocenters. The minimum absolute atomic E-state index is 0.390. The normalized spacial score (nSPS) is 47.8. The lowest BCUT2D eigenvalue weighted by Crippen LogP contribution is -2.36. The van der Waals surface area contributed by atoms with Crippen molar-refractivity contribution < 1.29 is 5.11 Å². The maximum Gasteiger partial charge on any atom is 0.0433 e. The van der Waals surface area contributed by atoms with Gasteiger partial charge in [-0.15, -0.1) is 0 Å². The van der Waals surface area contributed by atoms with Gasteiger partial charge in [-0.25, -0.2) is 0 Å². The summed E-state index contributed by atoms with van der Waals surface area (Å²) in [6, 6.07) is 0. The zero-order valence-electron chi connectivity index (χ0n) is 9.63.